The Balaban J connectivity index is 1.40. The van der Waals surface area contributed by atoms with Crippen molar-refractivity contribution in [3.63, 3.8) is 0 Å². The van der Waals surface area contributed by atoms with Gasteiger partial charge in [-0.15, -0.1) is 0 Å². The van der Waals surface area contributed by atoms with Crippen molar-refractivity contribution in [3.05, 3.63) is 36.7 Å². The van der Waals surface area contributed by atoms with E-state index in [4.69, 9.17) is 4.74 Å². The fourth-order valence-corrected chi connectivity index (χ4v) is 3.54. The molecule has 0 bridgehead atoms. The van der Waals surface area contributed by atoms with Crippen molar-refractivity contribution in [2.75, 3.05) is 20.7 Å². The third-order valence-corrected chi connectivity index (χ3v) is 5.30. The van der Waals surface area contributed by atoms with Crippen molar-refractivity contribution >= 4 is 22.8 Å². The second kappa shape index (κ2) is 8.62. The number of aromatic amines is 1. The summed E-state index contributed by atoms with van der Waals surface area (Å²) in [6.45, 7) is 0.0947. The number of carbonyl (C=O) groups excluding carboxylic acids is 2. The van der Waals surface area contributed by atoms with Gasteiger partial charge in [0, 0.05) is 38.7 Å². The van der Waals surface area contributed by atoms with E-state index in [1.807, 2.05) is 6.07 Å². The Bertz CT molecular complexity index is 1020. The fraction of sp³-hybridized carbons (Fsp3) is 0.450. The highest BCUT2D eigenvalue weighted by Crippen LogP contribution is 2.22. The molecular formula is C20H25N7O3. The Labute approximate surface area is 173 Å². The molecule has 30 heavy (non-hydrogen) atoms. The van der Waals surface area contributed by atoms with Crippen molar-refractivity contribution in [1.82, 2.24) is 34.7 Å². The number of likely N-dealkylation sites (N-methyl/N-ethyl adjacent to an activating group) is 1. The third-order valence-electron chi connectivity index (χ3n) is 5.30. The number of ether oxygens (including phenoxy) is 1. The lowest BCUT2D eigenvalue weighted by Gasteiger charge is -2.29. The molecule has 1 fully saturated rings. The van der Waals surface area contributed by atoms with Crippen molar-refractivity contribution < 1.29 is 14.3 Å². The maximum absolute atomic E-state index is 13.0. The normalized spacial score (nSPS) is 19.0. The van der Waals surface area contributed by atoms with Crippen molar-refractivity contribution in [2.45, 2.75) is 37.8 Å². The minimum absolute atomic E-state index is 0.0403. The van der Waals surface area contributed by atoms with Gasteiger partial charge in [-0.3, -0.25) is 14.2 Å². The third kappa shape index (κ3) is 4.33. The standard InChI is InChI=1S/C20H25N7O3/c1-26(2)16(28)11-30-14-5-3-13(4-6-14)23-19(29)18-17-15(7-8-22-17)24-20(25-18)27-10-9-21-12-27/h7-10,12-14,22H,3-6,11H2,1-2H3,(H,23,29)/t13-,14-. The highest BCUT2D eigenvalue weighted by Gasteiger charge is 2.25. The summed E-state index contributed by atoms with van der Waals surface area (Å²) in [6.07, 6.45) is 9.93. The molecule has 0 atom stereocenters. The van der Waals surface area contributed by atoms with Crippen molar-refractivity contribution in [1.29, 1.82) is 0 Å². The van der Waals surface area contributed by atoms with Gasteiger partial charge < -0.3 is 19.9 Å². The molecule has 3 aromatic heterocycles. The topological polar surface area (TPSA) is 118 Å². The van der Waals surface area contributed by atoms with Crippen LogP contribution in [0, 0.1) is 0 Å². The number of aromatic nitrogens is 5. The molecule has 4 rings (SSSR count). The van der Waals surface area contributed by atoms with Gasteiger partial charge >= 0.3 is 0 Å². The van der Waals surface area contributed by atoms with Gasteiger partial charge in [-0.1, -0.05) is 0 Å². The summed E-state index contributed by atoms with van der Waals surface area (Å²) in [5, 5.41) is 3.09. The molecular weight excluding hydrogens is 386 g/mol. The Morgan fingerprint density at radius 1 is 1.27 bits per heavy atom. The lowest BCUT2D eigenvalue weighted by molar-refractivity contribution is -0.136. The van der Waals surface area contributed by atoms with Crippen LogP contribution >= 0.6 is 0 Å². The predicted octanol–water partition coefficient (Wildman–Crippen LogP) is 1.29. The first kappa shape index (κ1) is 20.0. The van der Waals surface area contributed by atoms with E-state index in [1.165, 1.54) is 4.90 Å². The van der Waals surface area contributed by atoms with Gasteiger partial charge in [0.25, 0.3) is 5.91 Å². The number of rotatable bonds is 6. The van der Waals surface area contributed by atoms with Crippen LogP contribution < -0.4 is 5.32 Å². The molecule has 3 aromatic rings. The summed E-state index contributed by atoms with van der Waals surface area (Å²) >= 11 is 0. The zero-order valence-electron chi connectivity index (χ0n) is 17.0. The number of fused-ring (bicyclic) bond motifs is 1. The maximum Gasteiger partial charge on any atom is 0.272 e. The molecule has 0 unspecified atom stereocenters. The first-order valence-electron chi connectivity index (χ1n) is 9.97. The molecule has 10 heteroatoms. The number of hydrogen-bond acceptors (Lipinski definition) is 6. The van der Waals surface area contributed by atoms with Gasteiger partial charge in [0.1, 0.15) is 12.9 Å². The van der Waals surface area contributed by atoms with Crippen LogP contribution in [0.25, 0.3) is 17.0 Å². The Morgan fingerprint density at radius 3 is 2.77 bits per heavy atom. The molecule has 1 saturated carbocycles. The van der Waals surface area contributed by atoms with E-state index in [-0.39, 0.29) is 30.6 Å². The summed E-state index contributed by atoms with van der Waals surface area (Å²) < 4.78 is 7.38. The molecule has 1 aliphatic carbocycles. The van der Waals surface area contributed by atoms with Gasteiger partial charge in [0.05, 0.1) is 17.1 Å². The molecule has 158 valence electrons. The molecule has 2 amide bonds. The smallest absolute Gasteiger partial charge is 0.272 e. The Hall–Kier alpha value is -3.27. The van der Waals surface area contributed by atoms with Crippen LogP contribution in [0.1, 0.15) is 36.2 Å². The van der Waals surface area contributed by atoms with E-state index in [2.05, 4.69) is 25.3 Å². The average Bonchev–Trinajstić information content (AvgIpc) is 3.43. The molecule has 1 aliphatic rings. The maximum atomic E-state index is 13.0. The lowest BCUT2D eigenvalue weighted by Crippen LogP contribution is -2.40. The first-order valence-corrected chi connectivity index (χ1v) is 9.97. The number of hydrogen-bond donors (Lipinski definition) is 2. The van der Waals surface area contributed by atoms with Crippen LogP contribution in [0.2, 0.25) is 0 Å². The van der Waals surface area contributed by atoms with E-state index in [1.54, 1.807) is 43.6 Å². The number of imidazole rings is 1. The number of carbonyl (C=O) groups is 2. The van der Waals surface area contributed by atoms with Crippen LogP contribution in [-0.4, -0.2) is 74.1 Å². The minimum Gasteiger partial charge on any atom is -0.368 e. The molecule has 0 aliphatic heterocycles. The first-order chi connectivity index (χ1) is 14.5. The summed E-state index contributed by atoms with van der Waals surface area (Å²) in [4.78, 5) is 42.2. The summed E-state index contributed by atoms with van der Waals surface area (Å²) in [7, 11) is 3.43. The second-order valence-corrected chi connectivity index (χ2v) is 7.63. The summed E-state index contributed by atoms with van der Waals surface area (Å²) in [5.74, 6) is 0.114. The van der Waals surface area contributed by atoms with Gasteiger partial charge in [-0.05, 0) is 31.7 Å². The summed E-state index contributed by atoms with van der Waals surface area (Å²) in [5.41, 5.74) is 1.58. The van der Waals surface area contributed by atoms with E-state index in [9.17, 15) is 9.59 Å². The molecule has 0 spiro atoms. The van der Waals surface area contributed by atoms with Crippen LogP contribution in [0.5, 0.6) is 0 Å². The van der Waals surface area contributed by atoms with Gasteiger partial charge in [-0.25, -0.2) is 15.0 Å². The Kier molecular flexibility index (Phi) is 5.75. The Morgan fingerprint density at radius 2 is 2.07 bits per heavy atom. The number of nitrogens with zero attached hydrogens (tertiary/aromatic N) is 5. The predicted molar refractivity (Wildman–Crippen MR) is 109 cm³/mol. The highest BCUT2D eigenvalue weighted by atomic mass is 16.5. The number of nitrogens with one attached hydrogen (secondary N) is 2. The SMILES string of the molecule is CN(C)C(=O)CO[C@H]1CC[C@H](NC(=O)c2nc(-n3ccnc3)nc3cc[nH]c23)CC1. The van der Waals surface area contributed by atoms with Gasteiger partial charge in [-0.2, -0.15) is 0 Å². The van der Waals surface area contributed by atoms with E-state index < -0.39 is 0 Å². The zero-order valence-corrected chi connectivity index (χ0v) is 17.0. The monoisotopic (exact) mass is 411 g/mol. The van der Waals surface area contributed by atoms with E-state index >= 15 is 0 Å². The van der Waals surface area contributed by atoms with Crippen LogP contribution in [0.15, 0.2) is 31.0 Å². The second-order valence-electron chi connectivity index (χ2n) is 7.63. The minimum atomic E-state index is -0.238. The van der Waals surface area contributed by atoms with Crippen LogP contribution in [0.3, 0.4) is 0 Å². The largest absolute Gasteiger partial charge is 0.368 e. The highest BCUT2D eigenvalue weighted by molar-refractivity contribution is 6.03. The van der Waals surface area contributed by atoms with Crippen LogP contribution in [-0.2, 0) is 9.53 Å². The van der Waals surface area contributed by atoms with E-state index in [0.717, 1.165) is 25.7 Å². The van der Waals surface area contributed by atoms with E-state index in [0.29, 0.717) is 22.7 Å². The lowest BCUT2D eigenvalue weighted by atomic mass is 9.93. The molecule has 0 saturated heterocycles. The molecule has 0 radical (unpaired) electrons. The average molecular weight is 411 g/mol. The molecule has 3 heterocycles. The van der Waals surface area contributed by atoms with Crippen LogP contribution in [0.4, 0.5) is 0 Å². The molecule has 0 aromatic carbocycles. The molecule has 10 nitrogen and oxygen atoms in total. The summed E-state index contributed by atoms with van der Waals surface area (Å²) in [6, 6.07) is 1.85. The van der Waals surface area contributed by atoms with Gasteiger partial charge in [0.2, 0.25) is 11.9 Å². The number of H-pyrrole nitrogens is 1. The fourth-order valence-electron chi connectivity index (χ4n) is 3.54. The molecule has 2 N–H and O–H groups in total. The van der Waals surface area contributed by atoms with Crippen molar-refractivity contribution in [3.8, 4) is 5.95 Å². The number of amides is 2. The van der Waals surface area contributed by atoms with Crippen molar-refractivity contribution in [2.24, 2.45) is 0 Å². The van der Waals surface area contributed by atoms with Gasteiger partial charge in [0.15, 0.2) is 5.69 Å². The quantitative estimate of drug-likeness (QED) is 0.631. The zero-order chi connectivity index (χ0) is 21.1.